The normalized spacial score (nSPS) is 30.4. The van der Waals surface area contributed by atoms with Crippen molar-refractivity contribution in [2.75, 3.05) is 0 Å². The van der Waals surface area contributed by atoms with Gasteiger partial charge in [0.2, 0.25) is 0 Å². The minimum Gasteiger partial charge on any atom is -0.385 e. The first-order valence-electron chi connectivity index (χ1n) is 5.52. The highest BCUT2D eigenvalue weighted by Crippen LogP contribution is 2.36. The van der Waals surface area contributed by atoms with E-state index in [4.69, 9.17) is 0 Å². The Labute approximate surface area is 94.1 Å². The van der Waals surface area contributed by atoms with Gasteiger partial charge in [0.1, 0.15) is 11.9 Å². The number of Topliss-reactive ketones (excluding diaryl/α,β-unsaturated/α-hetero) is 1. The summed E-state index contributed by atoms with van der Waals surface area (Å²) in [6, 6.07) is 5.97. The number of carbonyl (C=O) groups is 1. The van der Waals surface area contributed by atoms with Crippen LogP contribution >= 0.6 is 0 Å². The van der Waals surface area contributed by atoms with Gasteiger partial charge in [-0.25, -0.2) is 4.39 Å². The Bertz CT molecular complexity index is 399. The zero-order valence-corrected chi connectivity index (χ0v) is 9.24. The summed E-state index contributed by atoms with van der Waals surface area (Å²) in [5, 5.41) is 9.61. The Balaban J connectivity index is 2.37. The molecule has 0 spiro atoms. The van der Waals surface area contributed by atoms with Crippen molar-refractivity contribution in [3.63, 3.8) is 0 Å². The molecular weight excluding hydrogens is 207 g/mol. The van der Waals surface area contributed by atoms with Crippen LogP contribution in [-0.2, 0) is 10.2 Å². The van der Waals surface area contributed by atoms with Crippen LogP contribution in [0.4, 0.5) is 4.39 Å². The predicted octanol–water partition coefficient (Wildman–Crippen LogP) is 2.20. The van der Waals surface area contributed by atoms with Crippen LogP contribution in [0, 0.1) is 5.82 Å². The molecule has 0 heterocycles. The number of halogens is 1. The summed E-state index contributed by atoms with van der Waals surface area (Å²) in [7, 11) is 0. The molecule has 1 aromatic carbocycles. The number of rotatable bonds is 1. The van der Waals surface area contributed by atoms with Gasteiger partial charge in [-0.2, -0.15) is 0 Å². The van der Waals surface area contributed by atoms with Crippen LogP contribution in [0.5, 0.6) is 0 Å². The third kappa shape index (κ3) is 1.76. The van der Waals surface area contributed by atoms with Crippen LogP contribution in [-0.4, -0.2) is 17.0 Å². The monoisotopic (exact) mass is 222 g/mol. The maximum Gasteiger partial charge on any atom is 0.171 e. The molecule has 1 N–H and O–H groups in total. The number of aliphatic hydroxyl groups excluding tert-OH is 1. The molecule has 0 aromatic heterocycles. The molecular formula is C13H15FO2. The van der Waals surface area contributed by atoms with Crippen LogP contribution in [0.3, 0.4) is 0 Å². The lowest BCUT2D eigenvalue weighted by Crippen LogP contribution is -2.43. The third-order valence-electron chi connectivity index (χ3n) is 3.48. The Morgan fingerprint density at radius 1 is 1.38 bits per heavy atom. The van der Waals surface area contributed by atoms with Gasteiger partial charge in [-0.05, 0) is 43.9 Å². The van der Waals surface area contributed by atoms with Gasteiger partial charge >= 0.3 is 0 Å². The second-order valence-electron chi connectivity index (χ2n) is 4.61. The van der Waals surface area contributed by atoms with Crippen molar-refractivity contribution in [3.05, 3.63) is 35.6 Å². The van der Waals surface area contributed by atoms with Gasteiger partial charge in [0.15, 0.2) is 5.78 Å². The quantitative estimate of drug-likeness (QED) is 0.791. The van der Waals surface area contributed by atoms with E-state index in [0.29, 0.717) is 12.8 Å². The predicted molar refractivity (Wildman–Crippen MR) is 58.6 cm³/mol. The zero-order valence-electron chi connectivity index (χ0n) is 9.24. The fourth-order valence-electron chi connectivity index (χ4n) is 2.38. The molecule has 2 rings (SSSR count). The summed E-state index contributed by atoms with van der Waals surface area (Å²) in [5.74, 6) is -0.457. The molecule has 16 heavy (non-hydrogen) atoms. The standard InChI is InChI=1S/C13H15FO2/c1-13(8-2-3-11(15)12(13)16)9-4-6-10(14)7-5-9/h4-7,11,15H,2-3,8H2,1H3. The highest BCUT2D eigenvalue weighted by molar-refractivity contribution is 5.93. The molecule has 1 fully saturated rings. The molecule has 2 atom stereocenters. The van der Waals surface area contributed by atoms with E-state index in [-0.39, 0.29) is 11.6 Å². The van der Waals surface area contributed by atoms with Crippen LogP contribution in [0.25, 0.3) is 0 Å². The molecule has 0 saturated heterocycles. The maximum absolute atomic E-state index is 12.8. The summed E-state index contributed by atoms with van der Waals surface area (Å²) in [5.41, 5.74) is 0.128. The number of hydrogen-bond donors (Lipinski definition) is 1. The highest BCUT2D eigenvalue weighted by Gasteiger charge is 2.41. The van der Waals surface area contributed by atoms with E-state index in [0.717, 1.165) is 12.0 Å². The molecule has 1 aliphatic carbocycles. The largest absolute Gasteiger partial charge is 0.385 e. The van der Waals surface area contributed by atoms with Gasteiger partial charge in [0.25, 0.3) is 0 Å². The number of ketones is 1. The summed E-state index contributed by atoms with van der Waals surface area (Å²) in [4.78, 5) is 12.0. The topological polar surface area (TPSA) is 37.3 Å². The molecule has 3 heteroatoms. The summed E-state index contributed by atoms with van der Waals surface area (Å²) in [6.07, 6.45) is 1.20. The number of carbonyl (C=O) groups excluding carboxylic acids is 1. The summed E-state index contributed by atoms with van der Waals surface area (Å²) in [6.45, 7) is 1.82. The zero-order chi connectivity index (χ0) is 11.8. The average molecular weight is 222 g/mol. The SMILES string of the molecule is CC1(c2ccc(F)cc2)CCCC(O)C1=O. The van der Waals surface area contributed by atoms with E-state index < -0.39 is 11.5 Å². The van der Waals surface area contributed by atoms with Crippen LogP contribution in [0.2, 0.25) is 0 Å². The van der Waals surface area contributed by atoms with E-state index in [2.05, 4.69) is 0 Å². The van der Waals surface area contributed by atoms with Crippen molar-refractivity contribution >= 4 is 5.78 Å². The number of aliphatic hydroxyl groups is 1. The summed E-state index contributed by atoms with van der Waals surface area (Å²) < 4.78 is 12.8. The van der Waals surface area contributed by atoms with Gasteiger partial charge < -0.3 is 5.11 Å². The first kappa shape index (κ1) is 11.3. The summed E-state index contributed by atoms with van der Waals surface area (Å²) >= 11 is 0. The lowest BCUT2D eigenvalue weighted by Gasteiger charge is -2.35. The van der Waals surface area contributed by atoms with E-state index in [1.807, 2.05) is 6.92 Å². The molecule has 1 aliphatic rings. The second kappa shape index (κ2) is 3.98. The Hall–Kier alpha value is -1.22. The number of hydrogen-bond acceptors (Lipinski definition) is 2. The fraction of sp³-hybridized carbons (Fsp3) is 0.462. The van der Waals surface area contributed by atoms with Crippen LogP contribution in [0.1, 0.15) is 31.7 Å². The molecule has 0 bridgehead atoms. The number of benzene rings is 1. The van der Waals surface area contributed by atoms with Crippen molar-refractivity contribution in [1.82, 2.24) is 0 Å². The maximum atomic E-state index is 12.8. The lowest BCUT2D eigenvalue weighted by atomic mass is 9.69. The first-order valence-corrected chi connectivity index (χ1v) is 5.52. The van der Waals surface area contributed by atoms with Crippen molar-refractivity contribution in [2.45, 2.75) is 37.7 Å². The molecule has 0 radical (unpaired) electrons. The molecule has 1 aromatic rings. The molecule has 86 valence electrons. The first-order chi connectivity index (χ1) is 7.54. The Morgan fingerprint density at radius 3 is 2.62 bits per heavy atom. The van der Waals surface area contributed by atoms with E-state index >= 15 is 0 Å². The molecule has 0 amide bonds. The smallest absolute Gasteiger partial charge is 0.171 e. The van der Waals surface area contributed by atoms with Gasteiger partial charge in [0, 0.05) is 0 Å². The minimum atomic E-state index is -0.871. The van der Waals surface area contributed by atoms with Gasteiger partial charge in [-0.3, -0.25) is 4.79 Å². The van der Waals surface area contributed by atoms with E-state index in [9.17, 15) is 14.3 Å². The second-order valence-corrected chi connectivity index (χ2v) is 4.61. The molecule has 1 saturated carbocycles. The molecule has 2 unspecified atom stereocenters. The Morgan fingerprint density at radius 2 is 2.00 bits per heavy atom. The van der Waals surface area contributed by atoms with Crippen LogP contribution in [0.15, 0.2) is 24.3 Å². The minimum absolute atomic E-state index is 0.148. The van der Waals surface area contributed by atoms with Gasteiger partial charge in [-0.15, -0.1) is 0 Å². The van der Waals surface area contributed by atoms with Crippen molar-refractivity contribution in [1.29, 1.82) is 0 Å². The highest BCUT2D eigenvalue weighted by atomic mass is 19.1. The van der Waals surface area contributed by atoms with Crippen molar-refractivity contribution < 1.29 is 14.3 Å². The fourth-order valence-corrected chi connectivity index (χ4v) is 2.38. The van der Waals surface area contributed by atoms with Crippen molar-refractivity contribution in [3.8, 4) is 0 Å². The van der Waals surface area contributed by atoms with E-state index in [1.165, 1.54) is 12.1 Å². The third-order valence-corrected chi connectivity index (χ3v) is 3.48. The molecule has 2 nitrogen and oxygen atoms in total. The van der Waals surface area contributed by atoms with Crippen LogP contribution < -0.4 is 0 Å². The molecule has 0 aliphatic heterocycles. The van der Waals surface area contributed by atoms with Gasteiger partial charge in [-0.1, -0.05) is 12.1 Å². The lowest BCUT2D eigenvalue weighted by molar-refractivity contribution is -0.135. The Kier molecular flexibility index (Phi) is 2.80. The average Bonchev–Trinajstić information content (AvgIpc) is 2.27. The van der Waals surface area contributed by atoms with Crippen molar-refractivity contribution in [2.24, 2.45) is 0 Å². The van der Waals surface area contributed by atoms with E-state index in [1.54, 1.807) is 12.1 Å². The van der Waals surface area contributed by atoms with Gasteiger partial charge in [0.05, 0.1) is 5.41 Å².